The number of benzene rings is 1. The maximum atomic E-state index is 13.3. The van der Waals surface area contributed by atoms with Crippen LogP contribution in [0, 0.1) is 12.7 Å². The summed E-state index contributed by atoms with van der Waals surface area (Å²) < 4.78 is 45.8. The molecule has 0 radical (unpaired) electrons. The van der Waals surface area contributed by atoms with E-state index in [1.54, 1.807) is 12.1 Å². The minimum atomic E-state index is -3.78. The van der Waals surface area contributed by atoms with E-state index in [0.29, 0.717) is 18.9 Å². The summed E-state index contributed by atoms with van der Waals surface area (Å²) in [5.74, 6) is 0.337. The second kappa shape index (κ2) is 6.74. The van der Waals surface area contributed by atoms with Gasteiger partial charge in [-0.2, -0.15) is 0 Å². The first kappa shape index (κ1) is 16.7. The highest BCUT2D eigenvalue weighted by Gasteiger charge is 2.17. The van der Waals surface area contributed by atoms with E-state index in [9.17, 15) is 12.8 Å². The van der Waals surface area contributed by atoms with Crippen LogP contribution >= 0.6 is 0 Å². The van der Waals surface area contributed by atoms with E-state index in [4.69, 9.17) is 4.74 Å². The Hall–Kier alpha value is -2.19. The van der Waals surface area contributed by atoms with Gasteiger partial charge in [-0.15, -0.1) is 0 Å². The largest absolute Gasteiger partial charge is 0.378 e. The highest BCUT2D eigenvalue weighted by Crippen LogP contribution is 2.20. The number of aryl methyl sites for hydroxylation is 1. The molecule has 0 saturated carbocycles. The number of morpholine rings is 1. The van der Waals surface area contributed by atoms with Gasteiger partial charge in [0.15, 0.2) is 0 Å². The minimum Gasteiger partial charge on any atom is -0.378 e. The van der Waals surface area contributed by atoms with Crippen molar-refractivity contribution in [1.82, 2.24) is 4.98 Å². The maximum Gasteiger partial charge on any atom is 0.261 e. The summed E-state index contributed by atoms with van der Waals surface area (Å²) in [5.41, 5.74) is 0.632. The predicted molar refractivity (Wildman–Crippen MR) is 89.2 cm³/mol. The monoisotopic (exact) mass is 351 g/mol. The van der Waals surface area contributed by atoms with Crippen LogP contribution in [0.3, 0.4) is 0 Å². The van der Waals surface area contributed by atoms with Gasteiger partial charge >= 0.3 is 0 Å². The summed E-state index contributed by atoms with van der Waals surface area (Å²) in [6.45, 7) is 4.34. The van der Waals surface area contributed by atoms with Crippen molar-refractivity contribution in [1.29, 1.82) is 0 Å². The fraction of sp³-hybridized carbons (Fsp3) is 0.312. The third-order valence-electron chi connectivity index (χ3n) is 3.77. The van der Waals surface area contributed by atoms with Gasteiger partial charge in [0.1, 0.15) is 11.6 Å². The summed E-state index contributed by atoms with van der Waals surface area (Å²) in [7, 11) is -3.78. The van der Waals surface area contributed by atoms with Gasteiger partial charge in [-0.1, -0.05) is 0 Å². The molecule has 2 aromatic rings. The third-order valence-corrected chi connectivity index (χ3v) is 5.15. The summed E-state index contributed by atoms with van der Waals surface area (Å²) >= 11 is 0. The smallest absolute Gasteiger partial charge is 0.261 e. The van der Waals surface area contributed by atoms with Crippen molar-refractivity contribution in [3.05, 3.63) is 47.9 Å². The Morgan fingerprint density at radius 1 is 1.21 bits per heavy atom. The van der Waals surface area contributed by atoms with Crippen molar-refractivity contribution in [2.75, 3.05) is 35.9 Å². The van der Waals surface area contributed by atoms with E-state index in [2.05, 4.69) is 14.6 Å². The lowest BCUT2D eigenvalue weighted by Gasteiger charge is -2.27. The van der Waals surface area contributed by atoms with E-state index in [1.807, 2.05) is 0 Å². The van der Waals surface area contributed by atoms with E-state index < -0.39 is 15.8 Å². The molecule has 24 heavy (non-hydrogen) atoms. The Morgan fingerprint density at radius 2 is 1.96 bits per heavy atom. The van der Waals surface area contributed by atoms with Crippen LogP contribution in [0.15, 0.2) is 41.4 Å². The number of aromatic nitrogens is 1. The van der Waals surface area contributed by atoms with E-state index in [1.165, 1.54) is 25.3 Å². The lowest BCUT2D eigenvalue weighted by Crippen LogP contribution is -2.36. The number of hydrogen-bond acceptors (Lipinski definition) is 5. The van der Waals surface area contributed by atoms with Crippen LogP contribution in [0.4, 0.5) is 15.9 Å². The number of pyridine rings is 1. The first-order valence-corrected chi connectivity index (χ1v) is 9.02. The average Bonchev–Trinajstić information content (AvgIpc) is 2.58. The normalized spacial score (nSPS) is 15.3. The molecule has 128 valence electrons. The van der Waals surface area contributed by atoms with Crippen molar-refractivity contribution < 1.29 is 17.5 Å². The van der Waals surface area contributed by atoms with Crippen LogP contribution in [0.5, 0.6) is 0 Å². The molecule has 1 aromatic heterocycles. The lowest BCUT2D eigenvalue weighted by molar-refractivity contribution is 0.122. The standard InChI is InChI=1S/C16H18FN3O3S/c1-12-10-14(3-4-15(12)17)24(21,22)19-13-2-5-16(18-11-13)20-6-8-23-9-7-20/h2-5,10-11,19H,6-9H2,1H3. The number of rotatable bonds is 4. The highest BCUT2D eigenvalue weighted by molar-refractivity contribution is 7.92. The van der Waals surface area contributed by atoms with E-state index >= 15 is 0 Å². The highest BCUT2D eigenvalue weighted by atomic mass is 32.2. The van der Waals surface area contributed by atoms with Crippen LogP contribution in [-0.4, -0.2) is 39.7 Å². The van der Waals surface area contributed by atoms with Gasteiger partial charge in [-0.25, -0.2) is 17.8 Å². The molecule has 0 spiro atoms. The number of nitrogens with zero attached hydrogens (tertiary/aromatic N) is 2. The molecule has 0 bridgehead atoms. The van der Waals surface area contributed by atoms with Gasteiger partial charge in [-0.05, 0) is 42.8 Å². The molecule has 0 amide bonds. The molecule has 1 aliphatic heterocycles. The fourth-order valence-electron chi connectivity index (χ4n) is 2.42. The first-order chi connectivity index (χ1) is 11.5. The van der Waals surface area contributed by atoms with Gasteiger partial charge in [0.05, 0.1) is 30.0 Å². The molecule has 1 N–H and O–H groups in total. The molecule has 2 heterocycles. The fourth-order valence-corrected chi connectivity index (χ4v) is 3.55. The topological polar surface area (TPSA) is 71.5 Å². The number of anilines is 2. The molecule has 1 fully saturated rings. The zero-order chi connectivity index (χ0) is 17.2. The maximum absolute atomic E-state index is 13.3. The molecule has 3 rings (SSSR count). The molecule has 1 saturated heterocycles. The number of nitrogens with one attached hydrogen (secondary N) is 1. The molecule has 1 aromatic carbocycles. The SMILES string of the molecule is Cc1cc(S(=O)(=O)Nc2ccc(N3CCOCC3)nc2)ccc1F. The van der Waals surface area contributed by atoms with Crippen molar-refractivity contribution in [2.24, 2.45) is 0 Å². The zero-order valence-corrected chi connectivity index (χ0v) is 14.0. The second-order valence-corrected chi connectivity index (χ2v) is 7.20. The van der Waals surface area contributed by atoms with E-state index in [0.717, 1.165) is 25.0 Å². The average molecular weight is 351 g/mol. The van der Waals surface area contributed by atoms with Crippen molar-refractivity contribution in [3.8, 4) is 0 Å². The zero-order valence-electron chi connectivity index (χ0n) is 13.2. The summed E-state index contributed by atoms with van der Waals surface area (Å²) in [5, 5.41) is 0. The summed E-state index contributed by atoms with van der Waals surface area (Å²) in [4.78, 5) is 6.38. The summed E-state index contributed by atoms with van der Waals surface area (Å²) in [6, 6.07) is 7.10. The van der Waals surface area contributed by atoms with Crippen molar-refractivity contribution >= 4 is 21.5 Å². The Bertz CT molecular complexity index is 819. The Kier molecular flexibility index (Phi) is 4.68. The summed E-state index contributed by atoms with van der Waals surface area (Å²) in [6.07, 6.45) is 1.47. The number of ether oxygens (including phenoxy) is 1. The van der Waals surface area contributed by atoms with Crippen LogP contribution in [0.25, 0.3) is 0 Å². The Balaban J connectivity index is 1.76. The molecule has 0 unspecified atom stereocenters. The molecule has 0 aliphatic carbocycles. The third kappa shape index (κ3) is 3.65. The predicted octanol–water partition coefficient (Wildman–Crippen LogP) is 2.17. The van der Waals surface area contributed by atoms with Crippen LogP contribution < -0.4 is 9.62 Å². The van der Waals surface area contributed by atoms with Gasteiger partial charge < -0.3 is 9.64 Å². The van der Waals surface area contributed by atoms with Crippen LogP contribution in [0.1, 0.15) is 5.56 Å². The number of sulfonamides is 1. The van der Waals surface area contributed by atoms with Crippen LogP contribution in [-0.2, 0) is 14.8 Å². The molecule has 1 aliphatic rings. The molecular formula is C16H18FN3O3S. The Labute approximate surface area is 140 Å². The van der Waals surface area contributed by atoms with Crippen molar-refractivity contribution in [2.45, 2.75) is 11.8 Å². The van der Waals surface area contributed by atoms with Crippen molar-refractivity contribution in [3.63, 3.8) is 0 Å². The first-order valence-electron chi connectivity index (χ1n) is 7.53. The molecule has 6 nitrogen and oxygen atoms in total. The quantitative estimate of drug-likeness (QED) is 0.914. The van der Waals surface area contributed by atoms with Gasteiger partial charge in [0, 0.05) is 13.1 Å². The molecule has 8 heteroatoms. The number of hydrogen-bond donors (Lipinski definition) is 1. The van der Waals surface area contributed by atoms with Crippen LogP contribution in [0.2, 0.25) is 0 Å². The molecule has 0 atom stereocenters. The lowest BCUT2D eigenvalue weighted by atomic mass is 10.2. The van der Waals surface area contributed by atoms with Gasteiger partial charge in [0.2, 0.25) is 0 Å². The van der Waals surface area contributed by atoms with Gasteiger partial charge in [0.25, 0.3) is 10.0 Å². The minimum absolute atomic E-state index is 0.0126. The number of halogens is 1. The Morgan fingerprint density at radius 3 is 2.58 bits per heavy atom. The molecular weight excluding hydrogens is 333 g/mol. The van der Waals surface area contributed by atoms with Gasteiger partial charge in [-0.3, -0.25) is 4.72 Å². The second-order valence-electron chi connectivity index (χ2n) is 5.52. The van der Waals surface area contributed by atoms with E-state index in [-0.39, 0.29) is 10.5 Å².